The normalized spacial score (nSPS) is 29.7. The molecule has 0 aromatic carbocycles. The molecule has 0 bridgehead atoms. The van der Waals surface area contributed by atoms with Gasteiger partial charge in [0.25, 0.3) is 0 Å². The van der Waals surface area contributed by atoms with Gasteiger partial charge in [-0.2, -0.15) is 0 Å². The molecule has 1 aliphatic carbocycles. The first-order valence-corrected chi connectivity index (χ1v) is 6.34. The molecule has 1 aromatic heterocycles. The van der Waals surface area contributed by atoms with Crippen LogP contribution in [0, 0.1) is 5.92 Å². The van der Waals surface area contributed by atoms with Crippen LogP contribution in [-0.2, 0) is 19.3 Å². The summed E-state index contributed by atoms with van der Waals surface area (Å²) < 4.78 is 2.55. The van der Waals surface area contributed by atoms with Gasteiger partial charge in [0.1, 0.15) is 5.82 Å². The lowest BCUT2D eigenvalue weighted by atomic mass is 9.94. The number of hydrogen-bond donors (Lipinski definition) is 0. The molecule has 15 heavy (non-hydrogen) atoms. The largest absolute Gasteiger partial charge is 0.329 e. The van der Waals surface area contributed by atoms with Gasteiger partial charge in [-0.15, -0.1) is 0 Å². The molecular weight excluding hydrogens is 184 g/mol. The minimum Gasteiger partial charge on any atom is -0.329 e. The van der Waals surface area contributed by atoms with Crippen LogP contribution in [0.3, 0.4) is 0 Å². The molecular formula is C13H20N2. The van der Waals surface area contributed by atoms with Crippen LogP contribution in [-0.4, -0.2) is 9.55 Å². The van der Waals surface area contributed by atoms with Crippen LogP contribution in [0.4, 0.5) is 0 Å². The molecule has 0 saturated carbocycles. The van der Waals surface area contributed by atoms with Crippen LogP contribution in [0.2, 0.25) is 0 Å². The van der Waals surface area contributed by atoms with Crippen molar-refractivity contribution >= 4 is 0 Å². The number of nitrogens with zero attached hydrogens (tertiary/aromatic N) is 2. The molecule has 0 spiro atoms. The topological polar surface area (TPSA) is 17.8 Å². The highest BCUT2D eigenvalue weighted by atomic mass is 15.1. The third-order valence-corrected chi connectivity index (χ3v) is 3.96. The van der Waals surface area contributed by atoms with E-state index in [1.807, 2.05) is 0 Å². The van der Waals surface area contributed by atoms with Gasteiger partial charge in [-0.25, -0.2) is 4.98 Å². The van der Waals surface area contributed by atoms with Gasteiger partial charge < -0.3 is 4.57 Å². The van der Waals surface area contributed by atoms with Crippen molar-refractivity contribution in [2.45, 2.75) is 58.4 Å². The van der Waals surface area contributed by atoms with E-state index >= 15 is 0 Å². The van der Waals surface area contributed by atoms with E-state index in [0.717, 1.165) is 5.92 Å². The van der Waals surface area contributed by atoms with E-state index in [1.165, 1.54) is 50.0 Å². The van der Waals surface area contributed by atoms with Crippen LogP contribution in [0.5, 0.6) is 0 Å². The maximum atomic E-state index is 4.86. The Balaban J connectivity index is 2.08. The van der Waals surface area contributed by atoms with E-state index < -0.39 is 0 Å². The first kappa shape index (κ1) is 9.44. The first-order chi connectivity index (χ1) is 7.25. The van der Waals surface area contributed by atoms with Gasteiger partial charge in [0.2, 0.25) is 0 Å². The third kappa shape index (κ3) is 1.42. The maximum absolute atomic E-state index is 4.86. The van der Waals surface area contributed by atoms with Crippen molar-refractivity contribution in [2.75, 3.05) is 0 Å². The van der Waals surface area contributed by atoms with Gasteiger partial charge in [0.15, 0.2) is 0 Å². The minimum atomic E-state index is 0.679. The molecule has 0 radical (unpaired) electrons. The van der Waals surface area contributed by atoms with Crippen LogP contribution < -0.4 is 0 Å². The Morgan fingerprint density at radius 3 is 2.87 bits per heavy atom. The molecule has 2 atom stereocenters. The minimum absolute atomic E-state index is 0.679. The second-order valence-corrected chi connectivity index (χ2v) is 5.39. The summed E-state index contributed by atoms with van der Waals surface area (Å²) in [5.41, 5.74) is 2.98. The van der Waals surface area contributed by atoms with E-state index in [2.05, 4.69) is 18.4 Å². The van der Waals surface area contributed by atoms with Crippen molar-refractivity contribution < 1.29 is 0 Å². The lowest BCUT2D eigenvalue weighted by Gasteiger charge is -2.28. The Labute approximate surface area is 91.7 Å². The average Bonchev–Trinajstić information content (AvgIpc) is 2.54. The smallest absolute Gasteiger partial charge is 0.109 e. The van der Waals surface area contributed by atoms with Crippen molar-refractivity contribution in [1.29, 1.82) is 0 Å². The van der Waals surface area contributed by atoms with Crippen LogP contribution in [0.15, 0.2) is 0 Å². The summed E-state index contributed by atoms with van der Waals surface area (Å²) in [6.45, 7) is 4.71. The number of fused-ring (bicyclic) bond motifs is 3. The Morgan fingerprint density at radius 2 is 2.00 bits per heavy atom. The van der Waals surface area contributed by atoms with Crippen molar-refractivity contribution in [2.24, 2.45) is 5.92 Å². The van der Waals surface area contributed by atoms with Gasteiger partial charge in [-0.05, 0) is 44.9 Å². The zero-order valence-electron chi connectivity index (χ0n) is 9.79. The molecule has 2 nitrogen and oxygen atoms in total. The Hall–Kier alpha value is -0.790. The Kier molecular flexibility index (Phi) is 2.11. The molecule has 2 heterocycles. The fourth-order valence-electron chi connectivity index (χ4n) is 3.37. The molecule has 82 valence electrons. The molecule has 0 N–H and O–H groups in total. The lowest BCUT2D eigenvalue weighted by molar-refractivity contribution is 0.335. The number of aromatic nitrogens is 2. The summed E-state index contributed by atoms with van der Waals surface area (Å²) in [4.78, 5) is 4.86. The van der Waals surface area contributed by atoms with Crippen LogP contribution in [0.1, 0.15) is 56.4 Å². The Morgan fingerprint density at radius 1 is 1.20 bits per heavy atom. The van der Waals surface area contributed by atoms with E-state index in [9.17, 15) is 0 Å². The standard InChI is InChI=1S/C13H20N2/c1-9-7-10(2)15-12-6-4-3-5-11(12)14-13(15)8-9/h9-10H,3-8H2,1-2H3. The lowest BCUT2D eigenvalue weighted by Crippen LogP contribution is -2.23. The van der Waals surface area contributed by atoms with Gasteiger partial charge in [0.05, 0.1) is 5.69 Å². The molecule has 1 aliphatic heterocycles. The predicted molar refractivity (Wildman–Crippen MR) is 61.1 cm³/mol. The predicted octanol–water partition coefficient (Wildman–Crippen LogP) is 2.91. The SMILES string of the molecule is CC1Cc2nc3c(n2C(C)C1)CCCC3. The zero-order chi connectivity index (χ0) is 10.4. The van der Waals surface area contributed by atoms with E-state index in [-0.39, 0.29) is 0 Å². The first-order valence-electron chi connectivity index (χ1n) is 6.34. The second-order valence-electron chi connectivity index (χ2n) is 5.39. The highest BCUT2D eigenvalue weighted by molar-refractivity contribution is 5.22. The van der Waals surface area contributed by atoms with Gasteiger partial charge >= 0.3 is 0 Å². The van der Waals surface area contributed by atoms with E-state index in [4.69, 9.17) is 4.98 Å². The summed E-state index contributed by atoms with van der Waals surface area (Å²) in [5.74, 6) is 2.18. The quantitative estimate of drug-likeness (QED) is 0.635. The van der Waals surface area contributed by atoms with Crippen molar-refractivity contribution in [3.05, 3.63) is 17.2 Å². The van der Waals surface area contributed by atoms with Crippen molar-refractivity contribution in [3.8, 4) is 0 Å². The van der Waals surface area contributed by atoms with E-state index in [1.54, 1.807) is 5.69 Å². The highest BCUT2D eigenvalue weighted by Crippen LogP contribution is 2.33. The number of aryl methyl sites for hydroxylation is 1. The van der Waals surface area contributed by atoms with Gasteiger partial charge in [-0.1, -0.05) is 6.92 Å². The zero-order valence-corrected chi connectivity index (χ0v) is 9.79. The van der Waals surface area contributed by atoms with Crippen molar-refractivity contribution in [1.82, 2.24) is 9.55 Å². The molecule has 0 saturated heterocycles. The summed E-state index contributed by atoms with van der Waals surface area (Å²) in [7, 11) is 0. The summed E-state index contributed by atoms with van der Waals surface area (Å²) in [6.07, 6.45) is 7.71. The number of rotatable bonds is 0. The fraction of sp³-hybridized carbons (Fsp3) is 0.769. The Bertz CT molecular complexity index is 378. The molecule has 2 unspecified atom stereocenters. The summed E-state index contributed by atoms with van der Waals surface area (Å²) in [6, 6.07) is 0.679. The molecule has 1 aromatic rings. The third-order valence-electron chi connectivity index (χ3n) is 3.96. The van der Waals surface area contributed by atoms with Crippen LogP contribution in [0.25, 0.3) is 0 Å². The summed E-state index contributed by atoms with van der Waals surface area (Å²) in [5, 5.41) is 0. The number of hydrogen-bond acceptors (Lipinski definition) is 1. The monoisotopic (exact) mass is 204 g/mol. The van der Waals surface area contributed by atoms with Gasteiger partial charge in [0, 0.05) is 18.2 Å². The van der Waals surface area contributed by atoms with Crippen molar-refractivity contribution in [3.63, 3.8) is 0 Å². The second kappa shape index (κ2) is 3.36. The fourth-order valence-corrected chi connectivity index (χ4v) is 3.37. The highest BCUT2D eigenvalue weighted by Gasteiger charge is 2.28. The molecule has 2 aliphatic rings. The summed E-state index contributed by atoms with van der Waals surface area (Å²) >= 11 is 0. The molecule has 0 fully saturated rings. The molecule has 2 heteroatoms. The average molecular weight is 204 g/mol. The van der Waals surface area contributed by atoms with Gasteiger partial charge in [-0.3, -0.25) is 0 Å². The molecule has 3 rings (SSSR count). The maximum Gasteiger partial charge on any atom is 0.109 e. The van der Waals surface area contributed by atoms with E-state index in [0.29, 0.717) is 6.04 Å². The molecule has 0 amide bonds. The number of imidazole rings is 1. The van der Waals surface area contributed by atoms with Crippen LogP contribution >= 0.6 is 0 Å².